The van der Waals surface area contributed by atoms with E-state index in [1.807, 2.05) is 6.08 Å². The van der Waals surface area contributed by atoms with E-state index < -0.39 is 164 Å². The summed E-state index contributed by atoms with van der Waals surface area (Å²) in [6.07, 6.45) is -21.8. The minimum absolute atomic E-state index is 0.0577. The molecule has 0 unspecified atom stereocenters. The molecule has 8 fully saturated rings. The molecule has 0 amide bonds. The van der Waals surface area contributed by atoms with E-state index in [4.69, 9.17) is 47.4 Å². The Kier molecular flexibility index (Phi) is 17.1. The maximum absolute atomic E-state index is 14.4. The Hall–Kier alpha value is -1.59. The van der Waals surface area contributed by atoms with Gasteiger partial charge in [-0.05, 0) is 99.2 Å². The fourth-order valence-electron chi connectivity index (χ4n) is 16.2. The molecule has 5 heterocycles. The fraction of sp³-hybridized carbons (Fsp3) is 0.944. The van der Waals surface area contributed by atoms with E-state index >= 15 is 0 Å². The normalized spacial score (nSPS) is 53.1. The highest BCUT2D eigenvalue weighted by molar-refractivity contribution is 5.84. The Morgan fingerprint density at radius 3 is 1.89 bits per heavy atom. The second kappa shape index (κ2) is 22.0. The molecule has 1 spiro atoms. The first-order chi connectivity index (χ1) is 35.7. The van der Waals surface area contributed by atoms with Crippen molar-refractivity contribution < 1.29 is 108 Å². The molecule has 4 aliphatic carbocycles. The van der Waals surface area contributed by atoms with Gasteiger partial charge in [-0.2, -0.15) is 0 Å². The van der Waals surface area contributed by atoms with Gasteiger partial charge in [0.1, 0.15) is 96.5 Å². The van der Waals surface area contributed by atoms with Gasteiger partial charge in [-0.15, -0.1) is 0 Å². The molecule has 76 heavy (non-hydrogen) atoms. The first kappa shape index (κ1) is 59.0. The summed E-state index contributed by atoms with van der Waals surface area (Å²) in [5, 5.41) is 122. The Morgan fingerprint density at radius 1 is 0.658 bits per heavy atom. The Balaban J connectivity index is 0.872. The number of hydrogen-bond donors (Lipinski definition) is 11. The van der Waals surface area contributed by atoms with Crippen molar-refractivity contribution >= 4 is 5.97 Å². The van der Waals surface area contributed by atoms with Crippen molar-refractivity contribution in [3.63, 3.8) is 0 Å². The Bertz CT molecular complexity index is 2060. The second-order valence-electron chi connectivity index (χ2n) is 25.4. The molecular weight excluding hydrogens is 1000 g/mol. The highest BCUT2D eigenvalue weighted by Crippen LogP contribution is 2.76. The van der Waals surface area contributed by atoms with Crippen LogP contribution < -0.4 is 0 Å². The first-order valence-corrected chi connectivity index (χ1v) is 27.8. The van der Waals surface area contributed by atoms with Crippen molar-refractivity contribution in [2.24, 2.45) is 45.3 Å². The average molecular weight is 1090 g/mol. The molecule has 11 N–H and O–H groups in total. The van der Waals surface area contributed by atoms with Crippen LogP contribution in [0.25, 0.3) is 0 Å². The predicted octanol–water partition coefficient (Wildman–Crippen LogP) is -0.337. The van der Waals surface area contributed by atoms with Crippen LogP contribution >= 0.6 is 0 Å². The van der Waals surface area contributed by atoms with Gasteiger partial charge in [-0.3, -0.25) is 4.79 Å². The van der Waals surface area contributed by atoms with Gasteiger partial charge in [0.2, 0.25) is 0 Å². The lowest BCUT2D eigenvalue weighted by Crippen LogP contribution is -2.67. The minimum atomic E-state index is -1.90. The van der Waals surface area contributed by atoms with Crippen molar-refractivity contribution in [2.75, 3.05) is 26.9 Å². The van der Waals surface area contributed by atoms with E-state index in [0.717, 1.165) is 44.9 Å². The molecule has 0 aromatic heterocycles. The van der Waals surface area contributed by atoms with E-state index in [1.165, 1.54) is 19.6 Å². The van der Waals surface area contributed by atoms with Gasteiger partial charge in [-0.1, -0.05) is 59.6 Å². The summed E-state index contributed by atoms with van der Waals surface area (Å²) in [7, 11) is 1.21. The number of esters is 1. The van der Waals surface area contributed by atoms with Crippen LogP contribution in [0.4, 0.5) is 0 Å². The highest BCUT2D eigenvalue weighted by atomic mass is 16.8. The van der Waals surface area contributed by atoms with Crippen LogP contribution in [0.5, 0.6) is 0 Å². The maximum Gasteiger partial charge on any atom is 0.316 e. The molecule has 22 nitrogen and oxygen atoms in total. The largest absolute Gasteiger partial charge is 0.459 e. The van der Waals surface area contributed by atoms with Gasteiger partial charge in [0, 0.05) is 13.0 Å². The van der Waals surface area contributed by atoms with Gasteiger partial charge >= 0.3 is 5.97 Å². The first-order valence-electron chi connectivity index (χ1n) is 27.8. The quantitative estimate of drug-likeness (QED) is 0.0568. The molecule has 9 aliphatic rings. The second-order valence-corrected chi connectivity index (χ2v) is 25.4. The van der Waals surface area contributed by atoms with Crippen molar-refractivity contribution in [1.29, 1.82) is 0 Å². The summed E-state index contributed by atoms with van der Waals surface area (Å²) in [4.78, 5) is 14.4. The summed E-state index contributed by atoms with van der Waals surface area (Å²) in [5.41, 5.74) is -1.85. The van der Waals surface area contributed by atoms with E-state index in [1.54, 1.807) is 0 Å². The smallest absolute Gasteiger partial charge is 0.316 e. The zero-order chi connectivity index (χ0) is 55.4. The van der Waals surface area contributed by atoms with Gasteiger partial charge in [0.15, 0.2) is 25.2 Å². The van der Waals surface area contributed by atoms with Gasteiger partial charge in [0.25, 0.3) is 0 Å². The lowest BCUT2D eigenvalue weighted by molar-refractivity contribution is -0.389. The number of carbonyl (C=O) groups is 1. The molecule has 22 heteroatoms. The molecule has 0 bridgehead atoms. The SMILES string of the molecule is CO[C@@H]1[C@@H](O)[C@H](O[C@@H]2[C@@H](O)[C@H](O[C@H]3[C@H](O)[C@@H](O)[C@H](O[C@H]4[C@H](O[C@H]5CC[C@]6(C)C7=C[C@H](O)[C@]89C(=O)O[C@@](C)(CCCC(C)C)[C@H]8CC[C@@]9(C)[C@@H]7CC[C@H]6C5(C)C)OC[C@@H](O)[C@@H]4O)O[C@@H]3C)O[C@H](CO)[C@H]2O)O[C@H](CO)[C@H]1O. The van der Waals surface area contributed by atoms with E-state index in [9.17, 15) is 61.0 Å². The number of allylic oxidation sites excluding steroid dienone is 1. The van der Waals surface area contributed by atoms with Crippen molar-refractivity contribution in [3.8, 4) is 0 Å². The van der Waals surface area contributed by atoms with Crippen LogP contribution in [0, 0.1) is 45.3 Å². The Morgan fingerprint density at radius 2 is 1.26 bits per heavy atom. The van der Waals surface area contributed by atoms with Crippen molar-refractivity contribution in [1.82, 2.24) is 0 Å². The Labute approximate surface area is 444 Å². The third kappa shape index (κ3) is 9.47. The van der Waals surface area contributed by atoms with Gasteiger partial charge in [-0.25, -0.2) is 0 Å². The van der Waals surface area contributed by atoms with Gasteiger partial charge < -0.3 is 104 Å². The highest BCUT2D eigenvalue weighted by Gasteiger charge is 2.79. The summed E-state index contributed by atoms with van der Waals surface area (Å²) in [5.74, 6) is 0.308. The van der Waals surface area contributed by atoms with Gasteiger partial charge in [0.05, 0.1) is 38.1 Å². The number of aliphatic hydroxyl groups is 11. The third-order valence-electron chi connectivity index (χ3n) is 20.4. The molecule has 3 saturated carbocycles. The molecule has 5 aliphatic heterocycles. The zero-order valence-electron chi connectivity index (χ0n) is 45.4. The van der Waals surface area contributed by atoms with Crippen LogP contribution in [0.1, 0.15) is 113 Å². The molecule has 28 atom stereocenters. The monoisotopic (exact) mass is 1090 g/mol. The van der Waals surface area contributed by atoms with E-state index in [0.29, 0.717) is 18.8 Å². The summed E-state index contributed by atoms with van der Waals surface area (Å²) in [6, 6.07) is 0. The number of fused-ring (bicyclic) bond motifs is 4. The number of cyclic esters (lactones) is 1. The number of hydrogen-bond acceptors (Lipinski definition) is 22. The van der Waals surface area contributed by atoms with Crippen LogP contribution in [0.2, 0.25) is 0 Å². The number of aliphatic hydroxyl groups excluding tert-OH is 11. The van der Waals surface area contributed by atoms with Crippen LogP contribution in [0.3, 0.4) is 0 Å². The molecule has 436 valence electrons. The molecule has 0 aromatic rings. The molecule has 9 rings (SSSR count). The molecule has 0 radical (unpaired) electrons. The van der Waals surface area contributed by atoms with Crippen molar-refractivity contribution in [2.45, 2.75) is 248 Å². The fourth-order valence-corrected chi connectivity index (χ4v) is 16.2. The molecular formula is C54H88O22. The lowest BCUT2D eigenvalue weighted by atomic mass is 9.40. The average Bonchev–Trinajstić information content (AvgIpc) is 4.07. The van der Waals surface area contributed by atoms with E-state index in [2.05, 4.69) is 48.5 Å². The molecule has 5 saturated heterocycles. The van der Waals surface area contributed by atoms with Crippen LogP contribution in [-0.2, 0) is 52.2 Å². The molecule has 0 aromatic carbocycles. The number of ether oxygens (including phenoxy) is 10. The minimum Gasteiger partial charge on any atom is -0.459 e. The maximum atomic E-state index is 14.4. The summed E-state index contributed by atoms with van der Waals surface area (Å²) < 4.78 is 59.8. The number of rotatable bonds is 15. The lowest BCUT2D eigenvalue weighted by Gasteiger charge is -2.64. The van der Waals surface area contributed by atoms with Crippen LogP contribution in [0.15, 0.2) is 11.6 Å². The van der Waals surface area contributed by atoms with Crippen molar-refractivity contribution in [3.05, 3.63) is 11.6 Å². The topological polar surface area (TPSA) is 332 Å². The number of carbonyl (C=O) groups excluding carboxylic acids is 1. The predicted molar refractivity (Wildman–Crippen MR) is 262 cm³/mol. The number of methoxy groups -OCH3 is 1. The third-order valence-corrected chi connectivity index (χ3v) is 20.4. The standard InChI is InChI=1S/C54H88O22/c1-23(2)11-10-16-53(8)31-14-18-52(7)25-12-13-30-50(4,5)33(15-17-51(30,6)26(25)19-32(58)54(31,52)49(66)76-53)72-48-44(34(59)27(57)22-68-48)75-45-38(63)37(62)41(24(3)69-45)73-47-40(65)43(36(61)29(21-56)71-47)74-46-39(64)42(67-9)35(60)28(20-55)70-46/h19,23-25,27-48,55-65H,10-18,20-22H2,1-9H3/t24-,25-,27-,28-,29-,30+,31-,32+,33+,34+,35-,36-,37-,38-,39-,40-,41-,42+,43+,44-,45+,46+,47+,48+,51-,52+,53+,54+/m1/s1. The summed E-state index contributed by atoms with van der Waals surface area (Å²) in [6.45, 7) is 14.9. The summed E-state index contributed by atoms with van der Waals surface area (Å²) >= 11 is 0. The van der Waals surface area contributed by atoms with Crippen LogP contribution in [-0.4, -0.2) is 224 Å². The zero-order valence-corrected chi connectivity index (χ0v) is 45.4. The van der Waals surface area contributed by atoms with E-state index in [-0.39, 0.29) is 35.7 Å².